The summed E-state index contributed by atoms with van der Waals surface area (Å²) in [6.07, 6.45) is 0. The van der Waals surface area contributed by atoms with Gasteiger partial charge in [-0.1, -0.05) is 30.0 Å². The maximum absolute atomic E-state index is 3.15. The van der Waals surface area contributed by atoms with E-state index in [9.17, 15) is 0 Å². The van der Waals surface area contributed by atoms with E-state index in [2.05, 4.69) is 40.8 Å². The molecule has 15 heavy (non-hydrogen) atoms. The van der Waals surface area contributed by atoms with Crippen LogP contribution in [-0.4, -0.2) is 39.1 Å². The van der Waals surface area contributed by atoms with E-state index in [0.29, 0.717) is 0 Å². The number of benzene rings is 1. The summed E-state index contributed by atoms with van der Waals surface area (Å²) in [6, 6.07) is 10.3. The molecule has 1 aromatic carbocycles. The van der Waals surface area contributed by atoms with Gasteiger partial charge < -0.3 is 4.90 Å². The molecule has 0 atom stereocenters. The molecule has 2 heteroatoms. The van der Waals surface area contributed by atoms with Crippen LogP contribution in [0, 0.1) is 11.8 Å². The first kappa shape index (κ1) is 11.6. The Labute approximate surface area is 92.5 Å². The largest absolute Gasteiger partial charge is 0.363 e. The summed E-state index contributed by atoms with van der Waals surface area (Å²) in [5.74, 6) is 6.27. The van der Waals surface area contributed by atoms with Gasteiger partial charge in [0.15, 0.2) is 0 Å². The second kappa shape index (κ2) is 6.10. The third kappa shape index (κ3) is 4.53. The number of rotatable bonds is 3. The average molecular weight is 202 g/mol. The van der Waals surface area contributed by atoms with E-state index in [0.717, 1.165) is 13.1 Å². The molecule has 0 bridgehead atoms. The Morgan fingerprint density at radius 1 is 0.933 bits per heavy atom. The van der Waals surface area contributed by atoms with Gasteiger partial charge in [0.25, 0.3) is 0 Å². The van der Waals surface area contributed by atoms with E-state index in [4.69, 9.17) is 0 Å². The predicted octanol–water partition coefficient (Wildman–Crippen LogP) is 1.69. The van der Waals surface area contributed by atoms with Crippen molar-refractivity contribution >= 4 is 5.69 Å². The minimum Gasteiger partial charge on any atom is -0.363 e. The Morgan fingerprint density at radius 3 is 2.13 bits per heavy atom. The summed E-state index contributed by atoms with van der Waals surface area (Å²) in [4.78, 5) is 4.21. The van der Waals surface area contributed by atoms with Crippen molar-refractivity contribution in [3.63, 3.8) is 0 Å². The van der Waals surface area contributed by atoms with Crippen LogP contribution >= 0.6 is 0 Å². The van der Waals surface area contributed by atoms with Gasteiger partial charge in [-0.25, -0.2) is 0 Å². The molecule has 0 aliphatic heterocycles. The maximum Gasteiger partial charge on any atom is 0.0791 e. The normalized spacial score (nSPS) is 9.60. The van der Waals surface area contributed by atoms with Crippen LogP contribution in [0.1, 0.15) is 0 Å². The summed E-state index contributed by atoms with van der Waals surface area (Å²) in [6.45, 7) is 1.60. The minimum atomic E-state index is 0.776. The molecule has 0 saturated heterocycles. The molecule has 0 fully saturated rings. The van der Waals surface area contributed by atoms with E-state index in [1.807, 2.05) is 32.3 Å². The SMILES string of the molecule is CN(C)CC#CCN(C)c1ccccc1. The molecule has 0 aromatic heterocycles. The van der Waals surface area contributed by atoms with E-state index >= 15 is 0 Å². The molecular formula is C13H18N2. The van der Waals surface area contributed by atoms with Gasteiger partial charge in [0.05, 0.1) is 13.1 Å². The standard InChI is InChI=1S/C13H18N2/c1-14(2)11-7-8-12-15(3)13-9-5-4-6-10-13/h4-6,9-10H,11-12H2,1-3H3. The van der Waals surface area contributed by atoms with Crippen molar-refractivity contribution in [1.29, 1.82) is 0 Å². The lowest BCUT2D eigenvalue weighted by Crippen LogP contribution is -2.17. The number of nitrogens with zero attached hydrogens (tertiary/aromatic N) is 2. The zero-order valence-corrected chi connectivity index (χ0v) is 9.70. The molecule has 80 valence electrons. The Kier molecular flexibility index (Phi) is 4.73. The predicted molar refractivity (Wildman–Crippen MR) is 66.0 cm³/mol. The second-order valence-corrected chi connectivity index (χ2v) is 3.78. The summed E-state index contributed by atoms with van der Waals surface area (Å²) in [5, 5.41) is 0. The molecule has 2 nitrogen and oxygen atoms in total. The average Bonchev–Trinajstić information content (AvgIpc) is 2.25. The van der Waals surface area contributed by atoms with Gasteiger partial charge in [-0.05, 0) is 26.2 Å². The molecule has 0 unspecified atom stereocenters. The Hall–Kier alpha value is -1.46. The molecule has 1 rings (SSSR count). The zero-order chi connectivity index (χ0) is 11.1. The molecule has 0 radical (unpaired) electrons. The highest BCUT2D eigenvalue weighted by Crippen LogP contribution is 2.09. The van der Waals surface area contributed by atoms with Gasteiger partial charge in [0.1, 0.15) is 0 Å². The van der Waals surface area contributed by atoms with Crippen LogP contribution in [0.25, 0.3) is 0 Å². The van der Waals surface area contributed by atoms with Crippen LogP contribution in [0.2, 0.25) is 0 Å². The topological polar surface area (TPSA) is 6.48 Å². The maximum atomic E-state index is 3.15. The van der Waals surface area contributed by atoms with Crippen LogP contribution < -0.4 is 4.90 Å². The van der Waals surface area contributed by atoms with Crippen molar-refractivity contribution < 1.29 is 0 Å². The van der Waals surface area contributed by atoms with E-state index in [1.54, 1.807) is 0 Å². The number of anilines is 1. The van der Waals surface area contributed by atoms with Crippen molar-refractivity contribution in [2.24, 2.45) is 0 Å². The molecular weight excluding hydrogens is 184 g/mol. The fourth-order valence-corrected chi connectivity index (χ4v) is 1.16. The van der Waals surface area contributed by atoms with Crippen LogP contribution in [0.5, 0.6) is 0 Å². The first-order chi connectivity index (χ1) is 7.20. The highest BCUT2D eigenvalue weighted by atomic mass is 15.1. The van der Waals surface area contributed by atoms with Gasteiger partial charge in [-0.3, -0.25) is 4.90 Å². The third-order valence-electron chi connectivity index (χ3n) is 2.03. The van der Waals surface area contributed by atoms with E-state index < -0.39 is 0 Å². The second-order valence-electron chi connectivity index (χ2n) is 3.78. The molecule has 1 aromatic rings. The highest BCUT2D eigenvalue weighted by molar-refractivity contribution is 5.46. The smallest absolute Gasteiger partial charge is 0.0791 e. The summed E-state index contributed by atoms with van der Waals surface area (Å²) in [7, 11) is 6.10. The van der Waals surface area contributed by atoms with Crippen molar-refractivity contribution in [3.8, 4) is 11.8 Å². The number of hydrogen-bond donors (Lipinski definition) is 0. The monoisotopic (exact) mass is 202 g/mol. The molecule has 0 saturated carbocycles. The van der Waals surface area contributed by atoms with Gasteiger partial charge in [0.2, 0.25) is 0 Å². The van der Waals surface area contributed by atoms with E-state index in [1.165, 1.54) is 5.69 Å². The Bertz CT molecular complexity index is 333. The van der Waals surface area contributed by atoms with Crippen molar-refractivity contribution in [3.05, 3.63) is 30.3 Å². The lowest BCUT2D eigenvalue weighted by Gasteiger charge is -2.15. The van der Waals surface area contributed by atoms with Gasteiger partial charge in [-0.2, -0.15) is 0 Å². The lowest BCUT2D eigenvalue weighted by molar-refractivity contribution is 0.464. The fraction of sp³-hybridized carbons (Fsp3) is 0.385. The number of hydrogen-bond acceptors (Lipinski definition) is 2. The summed E-state index contributed by atoms with van der Waals surface area (Å²) in [5.41, 5.74) is 1.21. The quantitative estimate of drug-likeness (QED) is 0.688. The molecule has 0 heterocycles. The lowest BCUT2D eigenvalue weighted by atomic mass is 10.3. The first-order valence-electron chi connectivity index (χ1n) is 5.07. The Morgan fingerprint density at radius 2 is 1.53 bits per heavy atom. The van der Waals surface area contributed by atoms with Crippen LogP contribution in [0.4, 0.5) is 5.69 Å². The van der Waals surface area contributed by atoms with Crippen LogP contribution in [-0.2, 0) is 0 Å². The first-order valence-corrected chi connectivity index (χ1v) is 5.07. The van der Waals surface area contributed by atoms with Crippen LogP contribution in [0.15, 0.2) is 30.3 Å². The van der Waals surface area contributed by atoms with Gasteiger partial charge >= 0.3 is 0 Å². The molecule has 0 aliphatic carbocycles. The van der Waals surface area contributed by atoms with Crippen LogP contribution in [0.3, 0.4) is 0 Å². The molecule has 0 aliphatic rings. The van der Waals surface area contributed by atoms with Crippen molar-refractivity contribution in [1.82, 2.24) is 4.90 Å². The summed E-state index contributed by atoms with van der Waals surface area (Å²) < 4.78 is 0. The summed E-state index contributed by atoms with van der Waals surface area (Å²) >= 11 is 0. The zero-order valence-electron chi connectivity index (χ0n) is 9.70. The Balaban J connectivity index is 2.42. The van der Waals surface area contributed by atoms with E-state index in [-0.39, 0.29) is 0 Å². The number of para-hydroxylation sites is 1. The van der Waals surface area contributed by atoms with Gasteiger partial charge in [-0.15, -0.1) is 0 Å². The van der Waals surface area contributed by atoms with Crippen molar-refractivity contribution in [2.75, 3.05) is 39.1 Å². The minimum absolute atomic E-state index is 0.776. The molecule has 0 N–H and O–H groups in total. The fourth-order valence-electron chi connectivity index (χ4n) is 1.16. The van der Waals surface area contributed by atoms with Gasteiger partial charge in [0, 0.05) is 12.7 Å². The molecule has 0 spiro atoms. The molecule has 0 amide bonds. The highest BCUT2D eigenvalue weighted by Gasteiger charge is 1.95. The van der Waals surface area contributed by atoms with Crippen molar-refractivity contribution in [2.45, 2.75) is 0 Å². The third-order valence-corrected chi connectivity index (χ3v) is 2.03.